The van der Waals surface area contributed by atoms with Gasteiger partial charge in [0.15, 0.2) is 0 Å². The van der Waals surface area contributed by atoms with E-state index in [1.54, 1.807) is 0 Å². The molecule has 0 nitrogen and oxygen atoms in total. The first-order valence-electron chi connectivity index (χ1n) is 6.00. The zero-order chi connectivity index (χ0) is 12.5. The minimum absolute atomic E-state index is 0.197. The minimum Gasteiger partial charge on any atom is -0.207 e. The first-order valence-corrected chi connectivity index (χ1v) is 6.00. The average molecular weight is 236 g/mol. The number of rotatable bonds is 1. The van der Waals surface area contributed by atoms with E-state index in [0.717, 1.165) is 11.1 Å². The Bertz CT molecular complexity index is 696. The van der Waals surface area contributed by atoms with Crippen LogP contribution >= 0.6 is 0 Å². The normalized spacial score (nSPS) is 10.8. The van der Waals surface area contributed by atoms with Crippen LogP contribution in [0.1, 0.15) is 5.56 Å². The highest BCUT2D eigenvalue weighted by atomic mass is 19.1. The lowest BCUT2D eigenvalue weighted by Gasteiger charge is -2.09. The predicted molar refractivity (Wildman–Crippen MR) is 74.1 cm³/mol. The van der Waals surface area contributed by atoms with Crippen LogP contribution in [0, 0.1) is 12.7 Å². The van der Waals surface area contributed by atoms with E-state index in [4.69, 9.17) is 0 Å². The van der Waals surface area contributed by atoms with Gasteiger partial charge in [0, 0.05) is 0 Å². The van der Waals surface area contributed by atoms with Gasteiger partial charge in [-0.3, -0.25) is 0 Å². The summed E-state index contributed by atoms with van der Waals surface area (Å²) in [5.74, 6) is -0.197. The zero-order valence-electron chi connectivity index (χ0n) is 10.2. The molecule has 0 aliphatic rings. The van der Waals surface area contributed by atoms with Crippen molar-refractivity contribution in [3.05, 3.63) is 72.0 Å². The maximum Gasteiger partial charge on any atom is 0.123 e. The molecule has 88 valence electrons. The molecule has 0 aliphatic heterocycles. The van der Waals surface area contributed by atoms with Gasteiger partial charge in [-0.1, -0.05) is 48.5 Å². The lowest BCUT2D eigenvalue weighted by atomic mass is 9.95. The van der Waals surface area contributed by atoms with E-state index in [1.165, 1.54) is 28.5 Å². The molecule has 18 heavy (non-hydrogen) atoms. The highest BCUT2D eigenvalue weighted by Crippen LogP contribution is 2.29. The van der Waals surface area contributed by atoms with Gasteiger partial charge in [0.25, 0.3) is 0 Å². The van der Waals surface area contributed by atoms with Gasteiger partial charge in [-0.25, -0.2) is 4.39 Å². The van der Waals surface area contributed by atoms with E-state index >= 15 is 0 Å². The summed E-state index contributed by atoms with van der Waals surface area (Å²) in [6.45, 7) is 2.11. The molecule has 0 unspecified atom stereocenters. The SMILES string of the molecule is Cc1c(-c2ccc(F)cc2)ccc2ccccc12. The molecule has 0 amide bonds. The molecule has 0 spiro atoms. The fourth-order valence-electron chi connectivity index (χ4n) is 2.37. The molecule has 3 aromatic rings. The third-order valence-corrected chi connectivity index (χ3v) is 3.35. The van der Waals surface area contributed by atoms with Gasteiger partial charge in [-0.2, -0.15) is 0 Å². The van der Waals surface area contributed by atoms with Crippen molar-refractivity contribution in [3.8, 4) is 11.1 Å². The molecule has 0 bridgehead atoms. The fourth-order valence-corrected chi connectivity index (χ4v) is 2.37. The quantitative estimate of drug-likeness (QED) is 0.560. The Morgan fingerprint density at radius 3 is 2.28 bits per heavy atom. The van der Waals surface area contributed by atoms with Gasteiger partial charge >= 0.3 is 0 Å². The topological polar surface area (TPSA) is 0 Å². The lowest BCUT2D eigenvalue weighted by Crippen LogP contribution is -1.86. The molecule has 0 aliphatic carbocycles. The first kappa shape index (κ1) is 11.0. The number of hydrogen-bond donors (Lipinski definition) is 0. The average Bonchev–Trinajstić information content (AvgIpc) is 2.41. The predicted octanol–water partition coefficient (Wildman–Crippen LogP) is 4.95. The second-order valence-electron chi connectivity index (χ2n) is 4.47. The summed E-state index contributed by atoms with van der Waals surface area (Å²) >= 11 is 0. The zero-order valence-corrected chi connectivity index (χ0v) is 10.2. The van der Waals surface area contributed by atoms with Crippen molar-refractivity contribution >= 4 is 10.8 Å². The maximum absolute atomic E-state index is 13.0. The third kappa shape index (κ3) is 1.78. The number of hydrogen-bond acceptors (Lipinski definition) is 0. The second-order valence-corrected chi connectivity index (χ2v) is 4.47. The largest absolute Gasteiger partial charge is 0.207 e. The molecule has 0 saturated heterocycles. The highest BCUT2D eigenvalue weighted by molar-refractivity contribution is 5.91. The molecule has 1 heteroatoms. The number of halogens is 1. The van der Waals surface area contributed by atoms with Crippen molar-refractivity contribution in [2.45, 2.75) is 6.92 Å². The fraction of sp³-hybridized carbons (Fsp3) is 0.0588. The summed E-state index contributed by atoms with van der Waals surface area (Å²) in [4.78, 5) is 0. The summed E-state index contributed by atoms with van der Waals surface area (Å²) in [7, 11) is 0. The summed E-state index contributed by atoms with van der Waals surface area (Å²) in [5.41, 5.74) is 3.45. The standard InChI is InChI=1S/C17H13F/c1-12-16-5-3-2-4-13(16)8-11-17(12)14-6-9-15(18)10-7-14/h2-11H,1H3. The molecule has 3 rings (SSSR count). The second kappa shape index (κ2) is 4.26. The highest BCUT2D eigenvalue weighted by Gasteiger charge is 2.05. The maximum atomic E-state index is 13.0. The molecule has 0 N–H and O–H groups in total. The summed E-state index contributed by atoms with van der Waals surface area (Å²) < 4.78 is 13.0. The molecule has 0 aromatic heterocycles. The van der Waals surface area contributed by atoms with Crippen LogP contribution in [0.15, 0.2) is 60.7 Å². The van der Waals surface area contributed by atoms with Crippen molar-refractivity contribution in [1.29, 1.82) is 0 Å². The lowest BCUT2D eigenvalue weighted by molar-refractivity contribution is 0.628. The monoisotopic (exact) mass is 236 g/mol. The third-order valence-electron chi connectivity index (χ3n) is 3.35. The molecule has 3 aromatic carbocycles. The molecule has 0 heterocycles. The van der Waals surface area contributed by atoms with Crippen LogP contribution in [-0.2, 0) is 0 Å². The van der Waals surface area contributed by atoms with Gasteiger partial charge in [0.05, 0.1) is 0 Å². The minimum atomic E-state index is -0.197. The van der Waals surface area contributed by atoms with Gasteiger partial charge in [0.2, 0.25) is 0 Å². The smallest absolute Gasteiger partial charge is 0.123 e. The summed E-state index contributed by atoms with van der Waals surface area (Å²) in [6, 6.07) is 19.2. The van der Waals surface area contributed by atoms with Crippen molar-refractivity contribution in [2.24, 2.45) is 0 Å². The van der Waals surface area contributed by atoms with Crippen molar-refractivity contribution in [2.75, 3.05) is 0 Å². The molecule has 0 fully saturated rings. The van der Waals surface area contributed by atoms with Gasteiger partial charge in [-0.15, -0.1) is 0 Å². The van der Waals surface area contributed by atoms with Crippen LogP contribution in [0.4, 0.5) is 4.39 Å². The Labute approximate surface area is 106 Å². The Balaban J connectivity index is 2.24. The van der Waals surface area contributed by atoms with Gasteiger partial charge in [0.1, 0.15) is 5.82 Å². The number of fused-ring (bicyclic) bond motifs is 1. The first-order chi connectivity index (χ1) is 8.75. The van der Waals surface area contributed by atoms with E-state index in [9.17, 15) is 4.39 Å². The summed E-state index contributed by atoms with van der Waals surface area (Å²) in [6.07, 6.45) is 0. The molecular formula is C17H13F. The van der Waals surface area contributed by atoms with E-state index in [0.29, 0.717) is 0 Å². The molecule has 0 radical (unpaired) electrons. The molecular weight excluding hydrogens is 223 g/mol. The van der Waals surface area contributed by atoms with Crippen LogP contribution in [-0.4, -0.2) is 0 Å². The Hall–Kier alpha value is -2.15. The van der Waals surface area contributed by atoms with Crippen molar-refractivity contribution in [1.82, 2.24) is 0 Å². The van der Waals surface area contributed by atoms with Crippen LogP contribution < -0.4 is 0 Å². The van der Waals surface area contributed by atoms with E-state index < -0.39 is 0 Å². The van der Waals surface area contributed by atoms with Crippen LogP contribution in [0.2, 0.25) is 0 Å². The van der Waals surface area contributed by atoms with Crippen molar-refractivity contribution in [3.63, 3.8) is 0 Å². The number of aryl methyl sites for hydroxylation is 1. The van der Waals surface area contributed by atoms with Crippen LogP contribution in [0.5, 0.6) is 0 Å². The van der Waals surface area contributed by atoms with Crippen molar-refractivity contribution < 1.29 is 4.39 Å². The van der Waals surface area contributed by atoms with Gasteiger partial charge in [-0.05, 0) is 46.5 Å². The Morgan fingerprint density at radius 2 is 1.50 bits per heavy atom. The molecule has 0 atom stereocenters. The summed E-state index contributed by atoms with van der Waals surface area (Å²) in [5, 5.41) is 2.49. The van der Waals surface area contributed by atoms with Crippen LogP contribution in [0.25, 0.3) is 21.9 Å². The molecule has 0 saturated carbocycles. The van der Waals surface area contributed by atoms with Crippen LogP contribution in [0.3, 0.4) is 0 Å². The van der Waals surface area contributed by atoms with E-state index in [1.807, 2.05) is 24.3 Å². The van der Waals surface area contributed by atoms with Gasteiger partial charge < -0.3 is 0 Å². The van der Waals surface area contributed by atoms with E-state index in [-0.39, 0.29) is 5.82 Å². The Morgan fingerprint density at radius 1 is 0.778 bits per heavy atom. The van der Waals surface area contributed by atoms with E-state index in [2.05, 4.69) is 31.2 Å². The Kier molecular flexibility index (Phi) is 2.60. The number of benzene rings is 3.